The maximum Gasteiger partial charge on any atom is 0.227 e. The zero-order valence-corrected chi connectivity index (χ0v) is 7.79. The maximum absolute atomic E-state index is 6.69. The standard InChI is InChI=1S/C9H17N3/c1-3-11-6-8-12(9-7-11)5-4-10-2/h3-9H2,1H3. The molecule has 1 heterocycles. The summed E-state index contributed by atoms with van der Waals surface area (Å²) in [6, 6.07) is 0. The molecule has 3 nitrogen and oxygen atoms in total. The van der Waals surface area contributed by atoms with Crippen LogP contribution in [0, 0.1) is 6.57 Å². The van der Waals surface area contributed by atoms with Crippen LogP contribution in [0.1, 0.15) is 6.92 Å². The van der Waals surface area contributed by atoms with Gasteiger partial charge in [0.15, 0.2) is 0 Å². The van der Waals surface area contributed by atoms with Crippen LogP contribution in [-0.2, 0) is 0 Å². The SMILES string of the molecule is [C-]#[N+]CCN1CCN(CC)CC1. The lowest BCUT2D eigenvalue weighted by molar-refractivity contribution is 0.142. The molecule has 1 aliphatic heterocycles. The number of nitrogens with zero attached hydrogens (tertiary/aromatic N) is 3. The molecule has 0 amide bonds. The molecule has 68 valence electrons. The van der Waals surface area contributed by atoms with E-state index in [0.717, 1.165) is 26.2 Å². The Kier molecular flexibility index (Phi) is 4.06. The van der Waals surface area contributed by atoms with E-state index in [1.165, 1.54) is 13.1 Å². The van der Waals surface area contributed by atoms with Gasteiger partial charge in [0.2, 0.25) is 6.54 Å². The predicted molar refractivity (Wildman–Crippen MR) is 50.0 cm³/mol. The average molecular weight is 167 g/mol. The van der Waals surface area contributed by atoms with Gasteiger partial charge in [-0.2, -0.15) is 0 Å². The van der Waals surface area contributed by atoms with Crippen molar-refractivity contribution in [3.8, 4) is 0 Å². The van der Waals surface area contributed by atoms with Gasteiger partial charge in [0, 0.05) is 26.2 Å². The van der Waals surface area contributed by atoms with Crippen molar-refractivity contribution >= 4 is 0 Å². The molecule has 0 saturated carbocycles. The van der Waals surface area contributed by atoms with Gasteiger partial charge in [0.1, 0.15) is 0 Å². The van der Waals surface area contributed by atoms with Gasteiger partial charge in [-0.25, -0.2) is 6.57 Å². The highest BCUT2D eigenvalue weighted by Gasteiger charge is 2.14. The summed E-state index contributed by atoms with van der Waals surface area (Å²) in [5.41, 5.74) is 0. The molecule has 0 N–H and O–H groups in total. The third kappa shape index (κ3) is 2.80. The predicted octanol–water partition coefficient (Wildman–Crippen LogP) is 0.543. The highest BCUT2D eigenvalue weighted by Crippen LogP contribution is 1.99. The summed E-state index contributed by atoms with van der Waals surface area (Å²) in [4.78, 5) is 8.20. The van der Waals surface area contributed by atoms with Crippen LogP contribution >= 0.6 is 0 Å². The topological polar surface area (TPSA) is 10.8 Å². The zero-order valence-electron chi connectivity index (χ0n) is 7.79. The summed E-state index contributed by atoms with van der Waals surface area (Å²) in [7, 11) is 0. The van der Waals surface area contributed by atoms with Crippen molar-refractivity contribution in [1.82, 2.24) is 9.80 Å². The Hall–Kier alpha value is -0.590. The Bertz CT molecular complexity index is 154. The molecule has 0 unspecified atom stereocenters. The average Bonchev–Trinajstić information content (AvgIpc) is 2.15. The minimum Gasteiger partial charge on any atom is -0.316 e. The van der Waals surface area contributed by atoms with Gasteiger partial charge in [0.25, 0.3) is 0 Å². The van der Waals surface area contributed by atoms with E-state index in [0.29, 0.717) is 6.54 Å². The zero-order chi connectivity index (χ0) is 8.81. The lowest BCUT2D eigenvalue weighted by Crippen LogP contribution is -2.46. The summed E-state index contributed by atoms with van der Waals surface area (Å²) >= 11 is 0. The van der Waals surface area contributed by atoms with Crippen molar-refractivity contribution in [2.24, 2.45) is 0 Å². The van der Waals surface area contributed by atoms with Crippen molar-refractivity contribution in [2.45, 2.75) is 6.92 Å². The van der Waals surface area contributed by atoms with Gasteiger partial charge >= 0.3 is 0 Å². The van der Waals surface area contributed by atoms with Gasteiger partial charge in [-0.05, 0) is 6.54 Å². The summed E-state index contributed by atoms with van der Waals surface area (Å²) in [5.74, 6) is 0. The van der Waals surface area contributed by atoms with E-state index in [9.17, 15) is 0 Å². The van der Waals surface area contributed by atoms with E-state index in [2.05, 4.69) is 21.6 Å². The Morgan fingerprint density at radius 1 is 1.17 bits per heavy atom. The molecule has 3 heteroatoms. The van der Waals surface area contributed by atoms with Gasteiger partial charge in [-0.1, -0.05) is 6.92 Å². The third-order valence-corrected chi connectivity index (χ3v) is 2.44. The second-order valence-electron chi connectivity index (χ2n) is 3.16. The Morgan fingerprint density at radius 3 is 2.25 bits per heavy atom. The molecule has 0 aromatic rings. The normalized spacial score (nSPS) is 20.7. The molecular weight excluding hydrogens is 150 g/mol. The lowest BCUT2D eigenvalue weighted by Gasteiger charge is -2.32. The first-order chi connectivity index (χ1) is 5.86. The van der Waals surface area contributed by atoms with Crippen LogP contribution in [0.4, 0.5) is 0 Å². The van der Waals surface area contributed by atoms with Crippen molar-refractivity contribution in [3.05, 3.63) is 11.4 Å². The number of hydrogen-bond donors (Lipinski definition) is 0. The molecule has 0 bridgehead atoms. The Balaban J connectivity index is 2.14. The highest BCUT2D eigenvalue weighted by molar-refractivity contribution is 4.73. The first kappa shape index (κ1) is 9.50. The first-order valence-corrected chi connectivity index (χ1v) is 4.64. The van der Waals surface area contributed by atoms with Crippen molar-refractivity contribution < 1.29 is 0 Å². The van der Waals surface area contributed by atoms with Gasteiger partial charge in [-0.3, -0.25) is 4.90 Å². The molecule has 1 saturated heterocycles. The Labute approximate surface area is 74.8 Å². The van der Waals surface area contributed by atoms with Crippen LogP contribution < -0.4 is 0 Å². The van der Waals surface area contributed by atoms with E-state index in [-0.39, 0.29) is 0 Å². The molecule has 1 aliphatic rings. The fourth-order valence-corrected chi connectivity index (χ4v) is 1.52. The highest BCUT2D eigenvalue weighted by atomic mass is 15.3. The smallest absolute Gasteiger partial charge is 0.227 e. The second-order valence-corrected chi connectivity index (χ2v) is 3.16. The number of likely N-dealkylation sites (N-methyl/N-ethyl adjacent to an activating group) is 1. The molecule has 0 atom stereocenters. The van der Waals surface area contributed by atoms with Gasteiger partial charge < -0.3 is 9.74 Å². The van der Waals surface area contributed by atoms with Crippen LogP contribution in [-0.4, -0.2) is 55.6 Å². The molecule has 0 aliphatic carbocycles. The van der Waals surface area contributed by atoms with Crippen molar-refractivity contribution in [3.63, 3.8) is 0 Å². The van der Waals surface area contributed by atoms with Crippen LogP contribution in [0.2, 0.25) is 0 Å². The minimum absolute atomic E-state index is 0.659. The van der Waals surface area contributed by atoms with Crippen LogP contribution in [0.15, 0.2) is 0 Å². The van der Waals surface area contributed by atoms with Gasteiger partial charge in [-0.15, -0.1) is 0 Å². The van der Waals surface area contributed by atoms with Crippen molar-refractivity contribution in [2.75, 3.05) is 45.8 Å². The van der Waals surface area contributed by atoms with E-state index in [1.54, 1.807) is 0 Å². The van der Waals surface area contributed by atoms with E-state index >= 15 is 0 Å². The summed E-state index contributed by atoms with van der Waals surface area (Å²) < 4.78 is 0. The fraction of sp³-hybridized carbons (Fsp3) is 0.889. The first-order valence-electron chi connectivity index (χ1n) is 4.64. The minimum atomic E-state index is 0.659. The summed E-state index contributed by atoms with van der Waals surface area (Å²) in [5, 5.41) is 0. The maximum atomic E-state index is 6.69. The summed E-state index contributed by atoms with van der Waals surface area (Å²) in [6.07, 6.45) is 0. The van der Waals surface area contributed by atoms with Crippen LogP contribution in [0.25, 0.3) is 4.85 Å². The number of piperazine rings is 1. The number of hydrogen-bond acceptors (Lipinski definition) is 2. The third-order valence-electron chi connectivity index (χ3n) is 2.44. The fourth-order valence-electron chi connectivity index (χ4n) is 1.52. The van der Waals surface area contributed by atoms with E-state index < -0.39 is 0 Å². The molecule has 12 heavy (non-hydrogen) atoms. The van der Waals surface area contributed by atoms with Gasteiger partial charge in [0.05, 0.1) is 6.54 Å². The molecule has 0 radical (unpaired) electrons. The monoisotopic (exact) mass is 167 g/mol. The largest absolute Gasteiger partial charge is 0.316 e. The van der Waals surface area contributed by atoms with E-state index in [4.69, 9.17) is 6.57 Å². The molecule has 0 aromatic heterocycles. The Morgan fingerprint density at radius 2 is 1.75 bits per heavy atom. The molecule has 0 aromatic carbocycles. The number of rotatable bonds is 3. The van der Waals surface area contributed by atoms with Crippen LogP contribution in [0.5, 0.6) is 0 Å². The second kappa shape index (κ2) is 5.13. The molecule has 0 spiro atoms. The van der Waals surface area contributed by atoms with E-state index in [1.807, 2.05) is 0 Å². The summed E-state index contributed by atoms with van der Waals surface area (Å²) in [6.45, 7) is 16.3. The molecule has 1 rings (SSSR count). The van der Waals surface area contributed by atoms with Crippen molar-refractivity contribution in [1.29, 1.82) is 0 Å². The van der Waals surface area contributed by atoms with Crippen LogP contribution in [0.3, 0.4) is 0 Å². The molecule has 1 fully saturated rings. The lowest BCUT2D eigenvalue weighted by atomic mass is 10.3. The quantitative estimate of drug-likeness (QED) is 0.568. The molecular formula is C9H17N3.